The molecule has 2 aromatic carbocycles. The number of aliphatic hydroxyl groups excluding tert-OH is 1. The number of Topliss-reactive ketones (excluding diaryl/α,β-unsaturated/α-hetero) is 1. The first-order valence-corrected chi connectivity index (χ1v) is 10.5. The lowest BCUT2D eigenvalue weighted by molar-refractivity contribution is -0.117. The number of hydrogen-bond donors (Lipinski definition) is 1. The summed E-state index contributed by atoms with van der Waals surface area (Å²) in [6.45, 7) is 7.46. The maximum Gasteiger partial charge on any atom is 0.294 e. The van der Waals surface area contributed by atoms with Crippen LogP contribution in [0.1, 0.15) is 43.1 Å². The van der Waals surface area contributed by atoms with Gasteiger partial charge in [0.2, 0.25) is 5.78 Å². The van der Waals surface area contributed by atoms with Crippen molar-refractivity contribution in [2.45, 2.75) is 33.7 Å². The molecule has 30 heavy (non-hydrogen) atoms. The zero-order valence-electron chi connectivity index (χ0n) is 17.3. The molecule has 152 valence electrons. The third kappa shape index (κ3) is 3.23. The number of nitrogens with zero attached hydrogens (tertiary/aromatic N) is 2. The van der Waals surface area contributed by atoms with Crippen molar-refractivity contribution in [3.8, 4) is 0 Å². The van der Waals surface area contributed by atoms with E-state index in [4.69, 9.17) is 0 Å². The number of rotatable bonds is 4. The van der Waals surface area contributed by atoms with Gasteiger partial charge in [-0.05, 0) is 50.5 Å². The molecule has 3 aromatic rings. The standard InChI is InChI=1S/C24H22N2O3S/c1-13-10-11-14(2)18(12-13)26-20(17-8-6-5-7-9-17)19(22(28)24(26)29)21(27)23-15(3)25-16(4)30-23/h5-12,20,28H,1-4H3. The van der Waals surface area contributed by atoms with E-state index in [1.165, 1.54) is 16.2 Å². The maximum atomic E-state index is 13.5. The molecule has 0 saturated carbocycles. The minimum Gasteiger partial charge on any atom is -0.503 e. The van der Waals surface area contributed by atoms with Gasteiger partial charge in [0.15, 0.2) is 5.76 Å². The highest BCUT2D eigenvalue weighted by atomic mass is 32.1. The Labute approximate surface area is 179 Å². The largest absolute Gasteiger partial charge is 0.503 e. The second-order valence-corrected chi connectivity index (χ2v) is 8.72. The second kappa shape index (κ2) is 7.54. The maximum absolute atomic E-state index is 13.5. The molecule has 2 heterocycles. The van der Waals surface area contributed by atoms with Crippen LogP contribution in [0.3, 0.4) is 0 Å². The number of carbonyl (C=O) groups is 2. The molecule has 1 aliphatic heterocycles. The Morgan fingerprint density at radius 1 is 1.07 bits per heavy atom. The van der Waals surface area contributed by atoms with Gasteiger partial charge in [0.25, 0.3) is 5.91 Å². The molecule has 4 rings (SSSR count). The molecule has 0 fully saturated rings. The lowest BCUT2D eigenvalue weighted by Crippen LogP contribution is -2.31. The van der Waals surface area contributed by atoms with Crippen LogP contribution in [0.25, 0.3) is 0 Å². The Morgan fingerprint density at radius 3 is 2.40 bits per heavy atom. The highest BCUT2D eigenvalue weighted by molar-refractivity contribution is 7.14. The summed E-state index contributed by atoms with van der Waals surface area (Å²) in [5.74, 6) is -1.43. The molecule has 0 spiro atoms. The molecule has 0 aliphatic carbocycles. The lowest BCUT2D eigenvalue weighted by Gasteiger charge is -2.28. The van der Waals surface area contributed by atoms with Crippen molar-refractivity contribution in [2.75, 3.05) is 4.90 Å². The third-order valence-electron chi connectivity index (χ3n) is 5.30. The van der Waals surface area contributed by atoms with Crippen LogP contribution >= 0.6 is 11.3 Å². The summed E-state index contributed by atoms with van der Waals surface area (Å²) >= 11 is 1.28. The Balaban J connectivity index is 1.92. The molecule has 1 unspecified atom stereocenters. The van der Waals surface area contributed by atoms with Crippen molar-refractivity contribution in [3.05, 3.63) is 92.1 Å². The topological polar surface area (TPSA) is 70.5 Å². The molecule has 1 atom stereocenters. The number of aliphatic hydroxyl groups is 1. The molecule has 5 nitrogen and oxygen atoms in total. The Bertz CT molecular complexity index is 1190. The molecule has 0 saturated heterocycles. The van der Waals surface area contributed by atoms with E-state index < -0.39 is 17.7 Å². The van der Waals surface area contributed by atoms with Gasteiger partial charge in [-0.2, -0.15) is 0 Å². The number of hydrogen-bond acceptors (Lipinski definition) is 5. The van der Waals surface area contributed by atoms with Gasteiger partial charge in [-0.1, -0.05) is 42.5 Å². The van der Waals surface area contributed by atoms with Crippen LogP contribution in [0.4, 0.5) is 5.69 Å². The summed E-state index contributed by atoms with van der Waals surface area (Å²) in [7, 11) is 0. The number of benzene rings is 2. The third-order valence-corrected chi connectivity index (χ3v) is 6.37. The van der Waals surface area contributed by atoms with E-state index in [0.29, 0.717) is 16.3 Å². The molecule has 6 heteroatoms. The first-order valence-electron chi connectivity index (χ1n) is 9.67. The summed E-state index contributed by atoms with van der Waals surface area (Å²) < 4.78 is 0. The average molecular weight is 419 g/mol. The zero-order valence-corrected chi connectivity index (χ0v) is 18.1. The van der Waals surface area contributed by atoms with E-state index in [1.807, 2.05) is 69.3 Å². The fourth-order valence-electron chi connectivity index (χ4n) is 3.88. The van der Waals surface area contributed by atoms with Crippen LogP contribution in [0.5, 0.6) is 0 Å². The van der Waals surface area contributed by atoms with E-state index in [-0.39, 0.29) is 11.4 Å². The Hall–Kier alpha value is -3.25. The van der Waals surface area contributed by atoms with E-state index in [9.17, 15) is 14.7 Å². The van der Waals surface area contributed by atoms with Crippen molar-refractivity contribution in [1.29, 1.82) is 0 Å². The van der Waals surface area contributed by atoms with Crippen LogP contribution in [-0.2, 0) is 4.79 Å². The molecular formula is C24H22N2O3S. The van der Waals surface area contributed by atoms with Crippen molar-refractivity contribution in [1.82, 2.24) is 4.98 Å². The number of aromatic nitrogens is 1. The number of carbonyl (C=O) groups excluding carboxylic acids is 2. The second-order valence-electron chi connectivity index (χ2n) is 7.52. The number of amides is 1. The predicted molar refractivity (Wildman–Crippen MR) is 118 cm³/mol. The molecule has 1 N–H and O–H groups in total. The summed E-state index contributed by atoms with van der Waals surface area (Å²) in [6.07, 6.45) is 0. The van der Waals surface area contributed by atoms with Gasteiger partial charge in [-0.15, -0.1) is 11.3 Å². The highest BCUT2D eigenvalue weighted by Gasteiger charge is 2.45. The van der Waals surface area contributed by atoms with Gasteiger partial charge in [0, 0.05) is 5.69 Å². The van der Waals surface area contributed by atoms with Crippen molar-refractivity contribution in [3.63, 3.8) is 0 Å². The Morgan fingerprint density at radius 2 is 1.77 bits per heavy atom. The van der Waals surface area contributed by atoms with E-state index in [0.717, 1.165) is 21.7 Å². The van der Waals surface area contributed by atoms with Crippen LogP contribution in [0.2, 0.25) is 0 Å². The van der Waals surface area contributed by atoms with Gasteiger partial charge in [-0.3, -0.25) is 14.5 Å². The summed E-state index contributed by atoms with van der Waals surface area (Å²) in [4.78, 5) is 33.1. The first kappa shape index (κ1) is 20.0. The van der Waals surface area contributed by atoms with Gasteiger partial charge in [0.05, 0.1) is 27.2 Å². The number of thiazole rings is 1. The van der Waals surface area contributed by atoms with Crippen molar-refractivity contribution < 1.29 is 14.7 Å². The number of ketones is 1. The van der Waals surface area contributed by atoms with Gasteiger partial charge in [-0.25, -0.2) is 4.98 Å². The van der Waals surface area contributed by atoms with Crippen LogP contribution in [0.15, 0.2) is 59.9 Å². The first-order chi connectivity index (χ1) is 14.3. The van der Waals surface area contributed by atoms with E-state index >= 15 is 0 Å². The van der Waals surface area contributed by atoms with Crippen LogP contribution in [-0.4, -0.2) is 21.8 Å². The van der Waals surface area contributed by atoms with Crippen LogP contribution in [0, 0.1) is 27.7 Å². The summed E-state index contributed by atoms with van der Waals surface area (Å²) in [5.41, 5.74) is 4.02. The molecule has 1 aromatic heterocycles. The van der Waals surface area contributed by atoms with Gasteiger partial charge < -0.3 is 5.11 Å². The van der Waals surface area contributed by atoms with E-state index in [1.54, 1.807) is 6.92 Å². The van der Waals surface area contributed by atoms with E-state index in [2.05, 4.69) is 4.98 Å². The normalized spacial score (nSPS) is 16.5. The average Bonchev–Trinajstić information content (AvgIpc) is 3.20. The number of aryl methyl sites for hydroxylation is 4. The fourth-order valence-corrected chi connectivity index (χ4v) is 4.75. The van der Waals surface area contributed by atoms with Gasteiger partial charge >= 0.3 is 0 Å². The molecule has 0 radical (unpaired) electrons. The number of anilines is 1. The molecule has 1 aliphatic rings. The predicted octanol–water partition coefficient (Wildman–Crippen LogP) is 5.16. The van der Waals surface area contributed by atoms with Gasteiger partial charge in [0.1, 0.15) is 0 Å². The smallest absolute Gasteiger partial charge is 0.294 e. The Kier molecular flexibility index (Phi) is 5.03. The molecule has 0 bridgehead atoms. The quantitative estimate of drug-likeness (QED) is 0.594. The van der Waals surface area contributed by atoms with Crippen molar-refractivity contribution >= 4 is 28.7 Å². The van der Waals surface area contributed by atoms with Crippen molar-refractivity contribution in [2.24, 2.45) is 0 Å². The summed E-state index contributed by atoms with van der Waals surface area (Å²) in [6, 6.07) is 14.4. The van der Waals surface area contributed by atoms with Crippen LogP contribution < -0.4 is 4.90 Å². The summed E-state index contributed by atoms with van der Waals surface area (Å²) in [5, 5.41) is 11.6. The monoisotopic (exact) mass is 418 g/mol. The SMILES string of the molecule is Cc1ccc(C)c(N2C(=O)C(O)=C(C(=O)c3sc(C)nc3C)C2c2ccccc2)c1. The molecular weight excluding hydrogens is 396 g/mol. The zero-order chi connectivity index (χ0) is 21.6. The minimum absolute atomic E-state index is 0.0962. The highest BCUT2D eigenvalue weighted by Crippen LogP contribution is 2.43. The minimum atomic E-state index is -0.714. The fraction of sp³-hybridized carbons (Fsp3) is 0.208. The molecule has 1 amide bonds. The lowest BCUT2D eigenvalue weighted by atomic mass is 9.94.